The van der Waals surface area contributed by atoms with Gasteiger partial charge in [-0.2, -0.15) is 4.98 Å². The Balaban J connectivity index is 2.53. The molecule has 0 fully saturated rings. The topological polar surface area (TPSA) is 74.2 Å². The maximum absolute atomic E-state index is 6.28. The molecular weight excluding hydrogens is 266 g/mol. The van der Waals surface area contributed by atoms with Crippen LogP contribution in [0.15, 0.2) is 16.7 Å². The quantitative estimate of drug-likeness (QED) is 0.932. The Morgan fingerprint density at radius 3 is 2.68 bits per heavy atom. The van der Waals surface area contributed by atoms with Crippen molar-refractivity contribution in [2.45, 2.75) is 26.3 Å². The number of nitrogens with two attached hydrogens (primary N) is 1. The van der Waals surface area contributed by atoms with Crippen LogP contribution in [0.2, 0.25) is 5.02 Å². The van der Waals surface area contributed by atoms with Crippen molar-refractivity contribution in [2.75, 3.05) is 7.11 Å². The number of halogens is 1. The van der Waals surface area contributed by atoms with Crippen LogP contribution in [0, 0.1) is 0 Å². The third-order valence-electron chi connectivity index (χ3n) is 2.82. The summed E-state index contributed by atoms with van der Waals surface area (Å²) < 4.78 is 10.4. The molecule has 0 atom stereocenters. The number of ether oxygens (including phenoxy) is 1. The van der Waals surface area contributed by atoms with E-state index in [0.29, 0.717) is 34.0 Å². The zero-order chi connectivity index (χ0) is 14.0. The van der Waals surface area contributed by atoms with E-state index in [-0.39, 0.29) is 6.54 Å². The van der Waals surface area contributed by atoms with Gasteiger partial charge >= 0.3 is 0 Å². The highest BCUT2D eigenvalue weighted by atomic mass is 35.5. The first-order chi connectivity index (χ1) is 9.06. The molecule has 2 aromatic rings. The second-order valence-corrected chi connectivity index (χ2v) is 4.85. The van der Waals surface area contributed by atoms with Gasteiger partial charge in [-0.1, -0.05) is 30.6 Å². The molecule has 0 aliphatic carbocycles. The van der Waals surface area contributed by atoms with Crippen molar-refractivity contribution in [3.63, 3.8) is 0 Å². The molecule has 0 aliphatic rings. The van der Waals surface area contributed by atoms with Crippen LogP contribution in [0.4, 0.5) is 0 Å². The first-order valence-corrected chi connectivity index (χ1v) is 6.35. The van der Waals surface area contributed by atoms with Gasteiger partial charge in [0, 0.05) is 5.02 Å². The summed E-state index contributed by atoms with van der Waals surface area (Å²) in [6.45, 7) is 4.34. The van der Waals surface area contributed by atoms with Crippen LogP contribution in [-0.4, -0.2) is 17.3 Å². The first-order valence-electron chi connectivity index (χ1n) is 5.97. The van der Waals surface area contributed by atoms with Gasteiger partial charge in [-0.15, -0.1) is 0 Å². The molecule has 0 saturated carbocycles. The molecule has 0 amide bonds. The summed E-state index contributed by atoms with van der Waals surface area (Å²) >= 11 is 6.28. The van der Waals surface area contributed by atoms with Gasteiger partial charge in [-0.3, -0.25) is 0 Å². The molecule has 1 aromatic carbocycles. The zero-order valence-electron chi connectivity index (χ0n) is 11.1. The third kappa shape index (κ3) is 2.72. The van der Waals surface area contributed by atoms with E-state index in [4.69, 9.17) is 26.6 Å². The summed E-state index contributed by atoms with van der Waals surface area (Å²) in [6, 6.07) is 3.70. The van der Waals surface area contributed by atoms with E-state index in [1.807, 2.05) is 6.07 Å². The monoisotopic (exact) mass is 281 g/mol. The Labute approximate surface area is 116 Å². The minimum atomic E-state index is 0.202. The average molecular weight is 282 g/mol. The van der Waals surface area contributed by atoms with Gasteiger partial charge in [0.1, 0.15) is 5.75 Å². The second kappa shape index (κ2) is 5.59. The van der Waals surface area contributed by atoms with Crippen molar-refractivity contribution < 1.29 is 9.26 Å². The van der Waals surface area contributed by atoms with Crippen LogP contribution in [0.5, 0.6) is 5.75 Å². The van der Waals surface area contributed by atoms with Crippen LogP contribution >= 0.6 is 11.6 Å². The van der Waals surface area contributed by atoms with Crippen molar-refractivity contribution in [3.05, 3.63) is 28.6 Å². The van der Waals surface area contributed by atoms with E-state index in [1.165, 1.54) is 0 Å². The highest BCUT2D eigenvalue weighted by molar-refractivity contribution is 6.31. The van der Waals surface area contributed by atoms with Crippen molar-refractivity contribution in [1.29, 1.82) is 0 Å². The fourth-order valence-electron chi connectivity index (χ4n) is 1.80. The Bertz CT molecular complexity index is 581. The van der Waals surface area contributed by atoms with Gasteiger partial charge in [0.05, 0.1) is 19.2 Å². The van der Waals surface area contributed by atoms with Gasteiger partial charge in [0.15, 0.2) is 0 Å². The normalized spacial score (nSPS) is 11.1. The Morgan fingerprint density at radius 1 is 1.42 bits per heavy atom. The van der Waals surface area contributed by atoms with Gasteiger partial charge in [0.2, 0.25) is 11.7 Å². The van der Waals surface area contributed by atoms with Crippen LogP contribution in [-0.2, 0) is 6.54 Å². The summed E-state index contributed by atoms with van der Waals surface area (Å²) in [5.74, 6) is 1.77. The van der Waals surface area contributed by atoms with Crippen LogP contribution in [0.25, 0.3) is 11.4 Å². The third-order valence-corrected chi connectivity index (χ3v) is 3.15. The molecule has 5 nitrogen and oxygen atoms in total. The molecule has 1 heterocycles. The number of rotatable bonds is 4. The lowest BCUT2D eigenvalue weighted by molar-refractivity contribution is 0.380. The molecule has 0 saturated heterocycles. The minimum absolute atomic E-state index is 0.202. The number of aromatic nitrogens is 2. The standard InChI is InChI=1S/C13H16ClN3O2/c1-7(2)8-5-11(18-3)9(4-10(8)14)13-16-12(6-15)19-17-13/h4-5,7H,6,15H2,1-3H3. The molecule has 0 unspecified atom stereocenters. The SMILES string of the molecule is COc1cc(C(C)C)c(Cl)cc1-c1noc(CN)n1. The highest BCUT2D eigenvalue weighted by Crippen LogP contribution is 2.36. The highest BCUT2D eigenvalue weighted by Gasteiger charge is 2.17. The van der Waals surface area contributed by atoms with Crippen molar-refractivity contribution in [3.8, 4) is 17.1 Å². The van der Waals surface area contributed by atoms with E-state index in [0.717, 1.165) is 5.56 Å². The van der Waals surface area contributed by atoms with E-state index in [9.17, 15) is 0 Å². The van der Waals surface area contributed by atoms with Crippen molar-refractivity contribution in [2.24, 2.45) is 5.73 Å². The molecular formula is C13H16ClN3O2. The van der Waals surface area contributed by atoms with Crippen LogP contribution in [0.1, 0.15) is 31.2 Å². The molecule has 1 aromatic heterocycles. The Hall–Kier alpha value is -1.59. The van der Waals surface area contributed by atoms with Crippen LogP contribution < -0.4 is 10.5 Å². The summed E-state index contributed by atoms with van der Waals surface area (Å²) in [5.41, 5.74) is 7.17. The van der Waals surface area contributed by atoms with Gasteiger partial charge in [0.25, 0.3) is 0 Å². The predicted octanol–water partition coefficient (Wildman–Crippen LogP) is 2.98. The fourth-order valence-corrected chi connectivity index (χ4v) is 2.18. The summed E-state index contributed by atoms with van der Waals surface area (Å²) in [6.07, 6.45) is 0. The number of methoxy groups -OCH3 is 1. The average Bonchev–Trinajstić information content (AvgIpc) is 2.86. The lowest BCUT2D eigenvalue weighted by Gasteiger charge is -2.13. The molecule has 19 heavy (non-hydrogen) atoms. The van der Waals surface area contributed by atoms with E-state index in [2.05, 4.69) is 24.0 Å². The van der Waals surface area contributed by atoms with E-state index in [1.54, 1.807) is 13.2 Å². The van der Waals surface area contributed by atoms with E-state index < -0.39 is 0 Å². The lowest BCUT2D eigenvalue weighted by atomic mass is 10.0. The van der Waals surface area contributed by atoms with Gasteiger partial charge < -0.3 is 15.0 Å². The summed E-state index contributed by atoms with van der Waals surface area (Å²) in [5, 5.41) is 4.53. The predicted molar refractivity (Wildman–Crippen MR) is 73.3 cm³/mol. The van der Waals surface area contributed by atoms with Gasteiger partial charge in [-0.25, -0.2) is 0 Å². The molecule has 102 valence electrons. The molecule has 2 N–H and O–H groups in total. The fraction of sp³-hybridized carbons (Fsp3) is 0.385. The van der Waals surface area contributed by atoms with Gasteiger partial charge in [-0.05, 0) is 23.6 Å². The molecule has 6 heteroatoms. The van der Waals surface area contributed by atoms with Crippen molar-refractivity contribution in [1.82, 2.24) is 10.1 Å². The molecule has 2 rings (SSSR count). The molecule has 0 bridgehead atoms. The largest absolute Gasteiger partial charge is 0.496 e. The second-order valence-electron chi connectivity index (χ2n) is 4.44. The first kappa shape index (κ1) is 13.8. The van der Waals surface area contributed by atoms with Crippen LogP contribution in [0.3, 0.4) is 0 Å². The smallest absolute Gasteiger partial charge is 0.240 e. The maximum atomic E-state index is 6.28. The number of hydrogen-bond donors (Lipinski definition) is 1. The Kier molecular flexibility index (Phi) is 4.07. The Morgan fingerprint density at radius 2 is 2.16 bits per heavy atom. The number of nitrogens with zero attached hydrogens (tertiary/aromatic N) is 2. The molecule has 0 aliphatic heterocycles. The number of hydrogen-bond acceptors (Lipinski definition) is 5. The van der Waals surface area contributed by atoms with E-state index >= 15 is 0 Å². The lowest BCUT2D eigenvalue weighted by Crippen LogP contribution is -1.97. The summed E-state index contributed by atoms with van der Waals surface area (Å²) in [4.78, 5) is 4.18. The molecule has 0 radical (unpaired) electrons. The summed E-state index contributed by atoms with van der Waals surface area (Å²) in [7, 11) is 1.60. The maximum Gasteiger partial charge on any atom is 0.240 e. The number of benzene rings is 1. The zero-order valence-corrected chi connectivity index (χ0v) is 11.9. The minimum Gasteiger partial charge on any atom is -0.496 e. The van der Waals surface area contributed by atoms with Crippen molar-refractivity contribution >= 4 is 11.6 Å². The molecule has 0 spiro atoms.